The molecule has 1 saturated heterocycles. The normalized spacial score (nSPS) is 23.3. The zero-order valence-electron chi connectivity index (χ0n) is 11.6. The van der Waals surface area contributed by atoms with Gasteiger partial charge in [-0.1, -0.05) is 36.4 Å². The molecule has 22 heavy (non-hydrogen) atoms. The molecule has 6 nitrogen and oxygen atoms in total. The van der Waals surface area contributed by atoms with E-state index in [2.05, 4.69) is 9.72 Å². The predicted octanol–water partition coefficient (Wildman–Crippen LogP) is 3.55. The van der Waals surface area contributed by atoms with E-state index >= 15 is 0 Å². The minimum Gasteiger partial charge on any atom is -0.444 e. The van der Waals surface area contributed by atoms with Gasteiger partial charge in [-0.2, -0.15) is 0 Å². The molecule has 3 rings (SSSR count). The van der Waals surface area contributed by atoms with Gasteiger partial charge >= 0.3 is 0 Å². The molecule has 0 amide bonds. The van der Waals surface area contributed by atoms with Crippen molar-refractivity contribution in [3.8, 4) is 11.5 Å². The van der Waals surface area contributed by atoms with Gasteiger partial charge in [0.05, 0.1) is 0 Å². The van der Waals surface area contributed by atoms with Crippen molar-refractivity contribution in [2.45, 2.75) is 0 Å². The molecule has 0 aliphatic carbocycles. The molecule has 2 atom stereocenters. The number of nitrogens with one attached hydrogen (secondary N) is 2. The van der Waals surface area contributed by atoms with Crippen LogP contribution in [0.5, 0.6) is 11.5 Å². The van der Waals surface area contributed by atoms with Gasteiger partial charge in [0.1, 0.15) is 18.2 Å². The predicted molar refractivity (Wildman–Crippen MR) is 91.5 cm³/mol. The first kappa shape index (κ1) is 16.0. The number of benzene rings is 2. The van der Waals surface area contributed by atoms with Crippen molar-refractivity contribution in [2.75, 3.05) is 6.73 Å². The number of hydrogen-bond acceptors (Lipinski definition) is 6. The lowest BCUT2D eigenvalue weighted by Gasteiger charge is -2.37. The average molecular weight is 355 g/mol. The smallest absolute Gasteiger partial charge is 0.259 e. The summed E-state index contributed by atoms with van der Waals surface area (Å²) in [6.07, 6.45) is 0. The van der Waals surface area contributed by atoms with E-state index in [0.29, 0.717) is 8.88 Å². The van der Waals surface area contributed by atoms with Gasteiger partial charge in [-0.15, -0.1) is 4.44 Å². The van der Waals surface area contributed by atoms with Crippen LogP contribution < -0.4 is 18.8 Å². The van der Waals surface area contributed by atoms with Crippen LogP contribution in [-0.4, -0.2) is 16.3 Å². The Kier molecular flexibility index (Phi) is 5.94. The van der Waals surface area contributed by atoms with Gasteiger partial charge in [0.2, 0.25) is 0 Å². The fourth-order valence-corrected chi connectivity index (χ4v) is 7.11. The van der Waals surface area contributed by atoms with Crippen LogP contribution in [0.2, 0.25) is 0 Å². The van der Waals surface area contributed by atoms with Crippen molar-refractivity contribution < 1.29 is 14.2 Å². The number of hydrogen-bond donors (Lipinski definition) is 3. The van der Waals surface area contributed by atoms with Crippen LogP contribution >= 0.6 is 25.8 Å². The molecule has 2 aromatic carbocycles. The maximum Gasteiger partial charge on any atom is 0.259 e. The molecule has 9 heteroatoms. The first-order valence-corrected chi connectivity index (χ1v) is 10.00. The molecule has 0 saturated carbocycles. The maximum atomic E-state index is 9.71. The van der Waals surface area contributed by atoms with Crippen molar-refractivity contribution >= 4 is 25.8 Å². The van der Waals surface area contributed by atoms with Gasteiger partial charge in [0, 0.05) is 8.88 Å². The molecular weight excluding hydrogens is 339 g/mol. The third-order valence-corrected chi connectivity index (χ3v) is 7.98. The van der Waals surface area contributed by atoms with E-state index in [-0.39, 0.29) is 6.73 Å². The van der Waals surface area contributed by atoms with Gasteiger partial charge in [-0.25, -0.2) is 9.72 Å². The first-order chi connectivity index (χ1) is 10.9. The summed E-state index contributed by atoms with van der Waals surface area (Å²) in [5.74, 6) is 1.53. The average Bonchev–Trinajstić information content (AvgIpc) is 2.57. The quantitative estimate of drug-likeness (QED) is 0.713. The lowest BCUT2D eigenvalue weighted by molar-refractivity contribution is 0.227. The van der Waals surface area contributed by atoms with Gasteiger partial charge in [-0.3, -0.25) is 0 Å². The fraction of sp³-hybridized carbons (Fsp3) is 0.0769. The van der Waals surface area contributed by atoms with Gasteiger partial charge in [-0.05, 0) is 24.3 Å². The standard InChI is InChI=1S/C13H16N3O3P3/c17-11-16-21(18-12-7-3-1-4-8-12)14-20-15-22(16)19-13-9-5-2-6-10-13/h1-10,14-15,17,20H,11H2. The Bertz CT molecular complexity index is 529. The molecule has 1 aliphatic heterocycles. The summed E-state index contributed by atoms with van der Waals surface area (Å²) >= 11 is 0. The molecule has 2 aromatic rings. The van der Waals surface area contributed by atoms with Gasteiger partial charge in [0.25, 0.3) is 16.9 Å². The first-order valence-electron chi connectivity index (χ1n) is 6.57. The highest BCUT2D eigenvalue weighted by Crippen LogP contribution is 2.59. The Hall–Kier alpha value is -0.830. The van der Waals surface area contributed by atoms with Crippen molar-refractivity contribution in [1.29, 1.82) is 0 Å². The monoisotopic (exact) mass is 355 g/mol. The Morgan fingerprint density at radius 2 is 1.32 bits per heavy atom. The van der Waals surface area contributed by atoms with E-state index in [1.807, 2.05) is 60.7 Å². The van der Waals surface area contributed by atoms with Crippen molar-refractivity contribution in [2.24, 2.45) is 0 Å². The van der Waals surface area contributed by atoms with Crippen LogP contribution in [0, 0.1) is 0 Å². The van der Waals surface area contributed by atoms with Crippen LogP contribution in [-0.2, 0) is 0 Å². The van der Waals surface area contributed by atoms with E-state index in [1.54, 1.807) is 4.44 Å². The number of aliphatic hydroxyl groups excluding tert-OH is 1. The highest BCUT2D eigenvalue weighted by atomic mass is 31.3. The maximum absolute atomic E-state index is 9.71. The molecule has 2 unspecified atom stereocenters. The zero-order chi connectivity index (χ0) is 15.2. The van der Waals surface area contributed by atoms with E-state index in [1.165, 1.54) is 0 Å². The molecule has 0 aromatic heterocycles. The lowest BCUT2D eigenvalue weighted by atomic mass is 10.3. The van der Waals surface area contributed by atoms with E-state index in [0.717, 1.165) is 11.5 Å². The summed E-state index contributed by atoms with van der Waals surface area (Å²) in [7, 11) is -2.01. The second kappa shape index (κ2) is 8.14. The Labute approximate surface area is 133 Å². The van der Waals surface area contributed by atoms with E-state index in [9.17, 15) is 5.11 Å². The Balaban J connectivity index is 1.69. The van der Waals surface area contributed by atoms with Crippen LogP contribution in [0.3, 0.4) is 0 Å². The van der Waals surface area contributed by atoms with Crippen LogP contribution in [0.4, 0.5) is 0 Å². The summed E-state index contributed by atoms with van der Waals surface area (Å²) in [5.41, 5.74) is 0. The summed E-state index contributed by atoms with van der Waals surface area (Å²) in [6.45, 7) is -0.151. The fourth-order valence-electron chi connectivity index (χ4n) is 1.73. The van der Waals surface area contributed by atoms with E-state index < -0.39 is 16.9 Å². The minimum atomic E-state index is -1.16. The van der Waals surface area contributed by atoms with Gasteiger partial charge < -0.3 is 14.2 Å². The second-order valence-corrected chi connectivity index (χ2v) is 8.99. The zero-order valence-corrected chi connectivity index (χ0v) is 14.4. The Morgan fingerprint density at radius 1 is 0.864 bits per heavy atom. The largest absolute Gasteiger partial charge is 0.444 e. The van der Waals surface area contributed by atoms with Crippen molar-refractivity contribution in [3.05, 3.63) is 60.7 Å². The molecular formula is C13H16N3O3P3. The molecule has 3 N–H and O–H groups in total. The minimum absolute atomic E-state index is 0.151. The third kappa shape index (κ3) is 4.13. The molecule has 116 valence electrons. The van der Waals surface area contributed by atoms with Crippen LogP contribution in [0.25, 0.3) is 0 Å². The van der Waals surface area contributed by atoms with E-state index in [4.69, 9.17) is 9.05 Å². The van der Waals surface area contributed by atoms with Crippen LogP contribution in [0.15, 0.2) is 60.7 Å². The van der Waals surface area contributed by atoms with Gasteiger partial charge in [0.15, 0.2) is 0 Å². The summed E-state index contributed by atoms with van der Waals surface area (Å²) < 4.78 is 13.7. The molecule has 1 aliphatic rings. The van der Waals surface area contributed by atoms with Crippen molar-refractivity contribution in [1.82, 2.24) is 14.2 Å². The second-order valence-electron chi connectivity index (χ2n) is 4.22. The third-order valence-electron chi connectivity index (χ3n) is 2.72. The lowest BCUT2D eigenvalue weighted by Crippen LogP contribution is -2.31. The molecule has 0 spiro atoms. The number of aliphatic hydroxyl groups is 1. The Morgan fingerprint density at radius 3 is 1.73 bits per heavy atom. The summed E-state index contributed by atoms with van der Waals surface area (Å²) in [5, 5.41) is 9.71. The highest BCUT2D eigenvalue weighted by Gasteiger charge is 2.35. The molecule has 1 heterocycles. The SMILES string of the molecule is OCN1P(Oc2ccccc2)NPNP1Oc1ccccc1. The molecule has 0 radical (unpaired) electrons. The highest BCUT2D eigenvalue weighted by molar-refractivity contribution is 7.75. The molecule has 0 bridgehead atoms. The summed E-state index contributed by atoms with van der Waals surface area (Å²) in [6, 6.07) is 19.1. The van der Waals surface area contributed by atoms with Crippen molar-refractivity contribution in [3.63, 3.8) is 0 Å². The van der Waals surface area contributed by atoms with Crippen LogP contribution in [0.1, 0.15) is 0 Å². The number of nitrogens with zero attached hydrogens (tertiary/aromatic N) is 1. The molecule has 1 fully saturated rings. The number of para-hydroxylation sites is 2. The number of rotatable bonds is 5. The topological polar surface area (TPSA) is 66.0 Å². The summed E-state index contributed by atoms with van der Waals surface area (Å²) in [4.78, 5) is 6.49.